The van der Waals surface area contributed by atoms with Crippen LogP contribution in [0.3, 0.4) is 0 Å². The van der Waals surface area contributed by atoms with Gasteiger partial charge < -0.3 is 16.0 Å². The largest absolute Gasteiger partial charge is 0.326 e. The van der Waals surface area contributed by atoms with Crippen LogP contribution in [-0.4, -0.2) is 32.7 Å². The molecule has 1 saturated carbocycles. The number of carbonyl (C=O) groups excluding carboxylic acids is 3. The maximum Gasteiger partial charge on any atom is 0.227 e. The first kappa shape index (κ1) is 22.1. The van der Waals surface area contributed by atoms with E-state index in [1.165, 1.54) is 0 Å². The van der Waals surface area contributed by atoms with E-state index in [0.717, 1.165) is 0 Å². The summed E-state index contributed by atoms with van der Waals surface area (Å²) in [6.45, 7) is 0. The fourth-order valence-electron chi connectivity index (χ4n) is 4.00. The van der Waals surface area contributed by atoms with E-state index in [-0.39, 0.29) is 17.7 Å². The Kier molecular flexibility index (Phi) is 6.99. The highest BCUT2D eigenvalue weighted by atomic mass is 16.2. The topological polar surface area (TPSA) is 126 Å². The van der Waals surface area contributed by atoms with Gasteiger partial charge in [0.25, 0.3) is 0 Å². The SMILES string of the molecule is O=C(Nc1ccncc1)C1CC(C(=O)Nc2ccncc2)CC(C(=O)Nc2ccncc2)C1. The molecule has 1 aliphatic rings. The van der Waals surface area contributed by atoms with Crippen LogP contribution in [0.4, 0.5) is 17.1 Å². The van der Waals surface area contributed by atoms with E-state index in [1.807, 2.05) is 0 Å². The lowest BCUT2D eigenvalue weighted by molar-refractivity contribution is -0.129. The van der Waals surface area contributed by atoms with Crippen molar-refractivity contribution >= 4 is 34.8 Å². The summed E-state index contributed by atoms with van der Waals surface area (Å²) in [5.74, 6) is -2.13. The zero-order chi connectivity index (χ0) is 23.0. The van der Waals surface area contributed by atoms with E-state index in [9.17, 15) is 14.4 Å². The van der Waals surface area contributed by atoms with Crippen LogP contribution in [0.15, 0.2) is 73.6 Å². The van der Waals surface area contributed by atoms with Crippen LogP contribution in [0.2, 0.25) is 0 Å². The Labute approximate surface area is 191 Å². The Morgan fingerprint density at radius 2 is 0.758 bits per heavy atom. The molecule has 0 atom stereocenters. The van der Waals surface area contributed by atoms with E-state index in [2.05, 4.69) is 30.9 Å². The first-order valence-corrected chi connectivity index (χ1v) is 10.7. The third-order valence-electron chi connectivity index (χ3n) is 5.66. The number of carbonyl (C=O) groups is 3. The van der Waals surface area contributed by atoms with Crippen LogP contribution in [0.1, 0.15) is 19.3 Å². The predicted octanol–water partition coefficient (Wildman–Crippen LogP) is 3.12. The van der Waals surface area contributed by atoms with Gasteiger partial charge >= 0.3 is 0 Å². The van der Waals surface area contributed by atoms with Gasteiger partial charge in [0.1, 0.15) is 0 Å². The van der Waals surface area contributed by atoms with Gasteiger partial charge in [-0.15, -0.1) is 0 Å². The quantitative estimate of drug-likeness (QED) is 0.536. The van der Waals surface area contributed by atoms with Crippen molar-refractivity contribution in [2.24, 2.45) is 17.8 Å². The van der Waals surface area contributed by atoms with Gasteiger partial charge in [-0.2, -0.15) is 0 Å². The number of anilines is 3. The van der Waals surface area contributed by atoms with Gasteiger partial charge in [-0.25, -0.2) is 0 Å². The number of hydrogen-bond acceptors (Lipinski definition) is 6. The van der Waals surface area contributed by atoms with Crippen molar-refractivity contribution in [3.63, 3.8) is 0 Å². The van der Waals surface area contributed by atoms with Gasteiger partial charge in [0.15, 0.2) is 0 Å². The highest BCUT2D eigenvalue weighted by molar-refractivity contribution is 5.98. The van der Waals surface area contributed by atoms with Crippen molar-refractivity contribution in [2.75, 3.05) is 16.0 Å². The third-order valence-corrected chi connectivity index (χ3v) is 5.66. The van der Waals surface area contributed by atoms with Gasteiger partial charge in [0.2, 0.25) is 17.7 Å². The average Bonchev–Trinajstić information content (AvgIpc) is 2.85. The fourth-order valence-corrected chi connectivity index (χ4v) is 4.00. The summed E-state index contributed by atoms with van der Waals surface area (Å²) in [4.78, 5) is 50.9. The molecule has 0 unspecified atom stereocenters. The molecule has 0 saturated heterocycles. The van der Waals surface area contributed by atoms with E-state index < -0.39 is 17.8 Å². The van der Waals surface area contributed by atoms with Gasteiger partial charge in [-0.05, 0) is 55.7 Å². The van der Waals surface area contributed by atoms with Crippen LogP contribution in [0.5, 0.6) is 0 Å². The summed E-state index contributed by atoms with van der Waals surface area (Å²) in [5, 5.41) is 8.61. The lowest BCUT2D eigenvalue weighted by atomic mass is 9.74. The second-order valence-corrected chi connectivity index (χ2v) is 7.97. The van der Waals surface area contributed by atoms with Crippen molar-refractivity contribution in [1.29, 1.82) is 0 Å². The number of pyridine rings is 3. The molecule has 0 aromatic carbocycles. The van der Waals surface area contributed by atoms with Crippen molar-refractivity contribution in [3.05, 3.63) is 73.6 Å². The van der Waals surface area contributed by atoms with Crippen molar-refractivity contribution in [2.45, 2.75) is 19.3 Å². The standard InChI is InChI=1S/C24H24N6O3/c31-22(28-19-1-7-25-8-2-19)16-13-17(23(32)29-20-3-9-26-10-4-20)15-18(14-16)24(33)30-21-5-11-27-12-6-21/h1-12,16-18H,13-15H2,(H,25,28,31)(H,26,29,32)(H,27,30,33). The molecule has 1 aliphatic carbocycles. The number of amides is 3. The zero-order valence-corrected chi connectivity index (χ0v) is 17.8. The normalized spacial score (nSPS) is 19.8. The van der Waals surface area contributed by atoms with Crippen LogP contribution >= 0.6 is 0 Å². The smallest absolute Gasteiger partial charge is 0.227 e. The third kappa shape index (κ3) is 5.97. The summed E-state index contributed by atoms with van der Waals surface area (Å²) in [6, 6.07) is 10.2. The lowest BCUT2D eigenvalue weighted by Crippen LogP contribution is -2.40. The highest BCUT2D eigenvalue weighted by Crippen LogP contribution is 2.35. The highest BCUT2D eigenvalue weighted by Gasteiger charge is 2.39. The Bertz CT molecular complexity index is 947. The lowest BCUT2D eigenvalue weighted by Gasteiger charge is -2.33. The minimum absolute atomic E-state index is 0.218. The maximum atomic E-state index is 13.0. The Balaban J connectivity index is 1.49. The first-order chi connectivity index (χ1) is 16.1. The number of rotatable bonds is 6. The van der Waals surface area contributed by atoms with Crippen LogP contribution < -0.4 is 16.0 Å². The minimum atomic E-state index is -0.492. The molecule has 1 fully saturated rings. The second kappa shape index (κ2) is 10.4. The maximum absolute atomic E-state index is 13.0. The second-order valence-electron chi connectivity index (χ2n) is 7.97. The average molecular weight is 444 g/mol. The van der Waals surface area contributed by atoms with E-state index >= 15 is 0 Å². The fraction of sp³-hybridized carbons (Fsp3) is 0.250. The molecule has 0 radical (unpaired) electrons. The molecule has 3 amide bonds. The molecule has 3 aromatic rings. The molecule has 0 bridgehead atoms. The molecule has 33 heavy (non-hydrogen) atoms. The van der Waals surface area contributed by atoms with Crippen molar-refractivity contribution in [3.8, 4) is 0 Å². The van der Waals surface area contributed by atoms with E-state index in [4.69, 9.17) is 0 Å². The molecule has 3 N–H and O–H groups in total. The monoisotopic (exact) mass is 444 g/mol. The van der Waals surface area contributed by atoms with Crippen molar-refractivity contribution < 1.29 is 14.4 Å². The predicted molar refractivity (Wildman–Crippen MR) is 123 cm³/mol. The summed E-state index contributed by atoms with van der Waals surface area (Å²) in [6.07, 6.45) is 10.6. The Hall–Kier alpha value is -4.14. The molecule has 168 valence electrons. The molecule has 9 nitrogen and oxygen atoms in total. The Morgan fingerprint density at radius 3 is 1.00 bits per heavy atom. The summed E-state index contributed by atoms with van der Waals surface area (Å²) in [5.41, 5.74) is 1.86. The van der Waals surface area contributed by atoms with Crippen LogP contribution in [0.25, 0.3) is 0 Å². The summed E-state index contributed by atoms with van der Waals surface area (Å²) < 4.78 is 0. The molecule has 3 aromatic heterocycles. The molecular weight excluding hydrogens is 420 g/mol. The van der Waals surface area contributed by atoms with Crippen LogP contribution in [0, 0.1) is 17.8 Å². The number of aromatic nitrogens is 3. The van der Waals surface area contributed by atoms with Gasteiger partial charge in [0, 0.05) is 72.0 Å². The molecule has 9 heteroatoms. The first-order valence-electron chi connectivity index (χ1n) is 10.7. The number of hydrogen-bond donors (Lipinski definition) is 3. The zero-order valence-electron chi connectivity index (χ0n) is 17.8. The number of nitrogens with zero attached hydrogens (tertiary/aromatic N) is 3. The van der Waals surface area contributed by atoms with E-state index in [1.54, 1.807) is 73.6 Å². The van der Waals surface area contributed by atoms with Gasteiger partial charge in [0.05, 0.1) is 0 Å². The van der Waals surface area contributed by atoms with Gasteiger partial charge in [-0.3, -0.25) is 29.3 Å². The summed E-state index contributed by atoms with van der Waals surface area (Å²) >= 11 is 0. The van der Waals surface area contributed by atoms with Crippen molar-refractivity contribution in [1.82, 2.24) is 15.0 Å². The molecule has 3 heterocycles. The minimum Gasteiger partial charge on any atom is -0.326 e. The van der Waals surface area contributed by atoms with Crippen LogP contribution in [-0.2, 0) is 14.4 Å². The summed E-state index contributed by atoms with van der Waals surface area (Å²) in [7, 11) is 0. The molecular formula is C24H24N6O3. The number of nitrogens with one attached hydrogen (secondary N) is 3. The molecule has 0 aliphatic heterocycles. The van der Waals surface area contributed by atoms with E-state index in [0.29, 0.717) is 36.3 Å². The molecule has 4 rings (SSSR count). The van der Waals surface area contributed by atoms with Gasteiger partial charge in [-0.1, -0.05) is 0 Å². The molecule has 0 spiro atoms. The Morgan fingerprint density at radius 1 is 0.515 bits per heavy atom.